The van der Waals surface area contributed by atoms with E-state index in [1.165, 1.54) is 18.7 Å². The van der Waals surface area contributed by atoms with E-state index in [4.69, 9.17) is 4.74 Å². The van der Waals surface area contributed by atoms with E-state index in [2.05, 4.69) is 15.3 Å². The lowest BCUT2D eigenvalue weighted by Crippen LogP contribution is -2.38. The zero-order valence-electron chi connectivity index (χ0n) is 16.4. The van der Waals surface area contributed by atoms with Crippen molar-refractivity contribution in [2.75, 3.05) is 32.6 Å². The quantitative estimate of drug-likeness (QED) is 0.727. The zero-order valence-corrected chi connectivity index (χ0v) is 16.4. The van der Waals surface area contributed by atoms with Crippen LogP contribution < -0.4 is 5.32 Å². The molecule has 0 unspecified atom stereocenters. The summed E-state index contributed by atoms with van der Waals surface area (Å²) in [5.74, 6) is -0.251. The minimum Gasteiger partial charge on any atom is -0.383 e. The van der Waals surface area contributed by atoms with Gasteiger partial charge in [-0.1, -0.05) is 31.4 Å². The van der Waals surface area contributed by atoms with Crippen LogP contribution in [-0.2, 0) is 4.74 Å². The molecule has 7 heteroatoms. The molecule has 1 aliphatic rings. The van der Waals surface area contributed by atoms with Gasteiger partial charge in [-0.15, -0.1) is 0 Å². The van der Waals surface area contributed by atoms with Gasteiger partial charge in [0.2, 0.25) is 5.95 Å². The summed E-state index contributed by atoms with van der Waals surface area (Å²) in [6.07, 6.45) is 6.95. The van der Waals surface area contributed by atoms with Crippen molar-refractivity contribution in [1.29, 1.82) is 0 Å². The number of amides is 1. The normalized spacial score (nSPS) is 14.7. The molecule has 1 fully saturated rings. The van der Waals surface area contributed by atoms with Crippen molar-refractivity contribution in [3.8, 4) is 11.3 Å². The largest absolute Gasteiger partial charge is 0.383 e. The third kappa shape index (κ3) is 4.65. The Hall–Kier alpha value is -2.54. The second-order valence-corrected chi connectivity index (χ2v) is 7.06. The third-order valence-electron chi connectivity index (χ3n) is 5.18. The van der Waals surface area contributed by atoms with E-state index in [-0.39, 0.29) is 13.4 Å². The smallest absolute Gasteiger partial charge is 0.257 e. The maximum atomic E-state index is 14.5. The number of methoxy groups -OCH3 is 1. The first-order chi connectivity index (χ1) is 13.6. The van der Waals surface area contributed by atoms with Crippen LogP contribution in [0.5, 0.6) is 0 Å². The lowest BCUT2D eigenvalue weighted by molar-refractivity contribution is 0.0696. The molecule has 0 spiro atoms. The highest BCUT2D eigenvalue weighted by Crippen LogP contribution is 2.28. The molecule has 152 valence electrons. The number of aromatic nitrogens is 2. The predicted molar refractivity (Wildman–Crippen MR) is 109 cm³/mol. The highest BCUT2D eigenvalue weighted by atomic mass is 19.1. The van der Waals surface area contributed by atoms with E-state index < -0.39 is 5.82 Å². The molecular weight excluding hydrogens is 359 g/mol. The molecule has 1 heterocycles. The maximum Gasteiger partial charge on any atom is 0.257 e. The molecule has 0 saturated heterocycles. The Labute approximate surface area is 166 Å². The van der Waals surface area contributed by atoms with Crippen molar-refractivity contribution in [2.45, 2.75) is 38.1 Å². The van der Waals surface area contributed by atoms with Gasteiger partial charge in [0.05, 0.1) is 17.9 Å². The first-order valence-corrected chi connectivity index (χ1v) is 9.73. The van der Waals surface area contributed by atoms with Crippen LogP contribution in [-0.4, -0.2) is 54.1 Å². The fourth-order valence-electron chi connectivity index (χ4n) is 3.57. The maximum absolute atomic E-state index is 14.5. The molecule has 0 radical (unpaired) electrons. The number of hydrogen-bond donors (Lipinski definition) is 1. The number of halogens is 1. The topological polar surface area (TPSA) is 67.3 Å². The van der Waals surface area contributed by atoms with Crippen LogP contribution in [0.15, 0.2) is 30.5 Å². The number of rotatable bonds is 7. The highest BCUT2D eigenvalue weighted by Gasteiger charge is 2.26. The van der Waals surface area contributed by atoms with Crippen LogP contribution in [0.25, 0.3) is 11.3 Å². The van der Waals surface area contributed by atoms with E-state index in [1.54, 1.807) is 30.2 Å². The van der Waals surface area contributed by atoms with Gasteiger partial charge in [0.1, 0.15) is 5.82 Å². The molecule has 3 rings (SSSR count). The predicted octanol–water partition coefficient (Wildman–Crippen LogP) is 3.99. The van der Waals surface area contributed by atoms with Crippen LogP contribution >= 0.6 is 0 Å². The Morgan fingerprint density at radius 2 is 2.07 bits per heavy atom. The lowest BCUT2D eigenvalue weighted by atomic mass is 9.94. The van der Waals surface area contributed by atoms with Crippen molar-refractivity contribution >= 4 is 11.9 Å². The molecule has 1 N–H and O–H groups in total. The summed E-state index contributed by atoms with van der Waals surface area (Å²) in [5, 5.41) is 3.04. The number of carbonyl (C=O) groups excluding carboxylic acids is 1. The minimum absolute atomic E-state index is 0. The van der Waals surface area contributed by atoms with Crippen LogP contribution in [0, 0.1) is 5.82 Å². The molecule has 1 saturated carbocycles. The molecule has 1 aromatic carbocycles. The Bertz CT molecular complexity index is 815. The lowest BCUT2D eigenvalue weighted by Gasteiger charge is -2.31. The summed E-state index contributed by atoms with van der Waals surface area (Å²) >= 11 is 0. The van der Waals surface area contributed by atoms with E-state index in [9.17, 15) is 9.18 Å². The minimum atomic E-state index is -0.418. The second kappa shape index (κ2) is 9.59. The molecule has 2 aromatic rings. The summed E-state index contributed by atoms with van der Waals surface area (Å²) in [5.41, 5.74) is 0.913. The first kappa shape index (κ1) is 20.2. The zero-order chi connectivity index (χ0) is 19.9. The molecule has 1 aliphatic carbocycles. The molecule has 6 nitrogen and oxygen atoms in total. The molecule has 0 atom stereocenters. The number of carbonyl (C=O) groups is 1. The summed E-state index contributed by atoms with van der Waals surface area (Å²) in [4.78, 5) is 23.7. The third-order valence-corrected chi connectivity index (χ3v) is 5.18. The molecular formula is C21H29FN4O2. The van der Waals surface area contributed by atoms with Gasteiger partial charge in [-0.2, -0.15) is 0 Å². The number of ether oxygens (including phenoxy) is 1. The van der Waals surface area contributed by atoms with Gasteiger partial charge in [0.25, 0.3) is 5.91 Å². The second-order valence-electron chi connectivity index (χ2n) is 7.06. The molecule has 1 amide bonds. The molecule has 0 bridgehead atoms. The average molecular weight is 388 g/mol. The van der Waals surface area contributed by atoms with E-state index >= 15 is 0 Å². The molecule has 1 aromatic heterocycles. The van der Waals surface area contributed by atoms with Gasteiger partial charge in [-0.3, -0.25) is 4.79 Å². The first-order valence-electron chi connectivity index (χ1n) is 9.73. The van der Waals surface area contributed by atoms with Crippen molar-refractivity contribution in [3.63, 3.8) is 0 Å². The average Bonchev–Trinajstić information content (AvgIpc) is 2.74. The van der Waals surface area contributed by atoms with E-state index in [1.807, 2.05) is 7.05 Å². The van der Waals surface area contributed by atoms with Gasteiger partial charge < -0.3 is 15.0 Å². The Kier molecular flexibility index (Phi) is 6.92. The van der Waals surface area contributed by atoms with Crippen LogP contribution in [0.4, 0.5) is 10.3 Å². The van der Waals surface area contributed by atoms with Crippen molar-refractivity contribution in [1.82, 2.24) is 14.9 Å². The molecule has 28 heavy (non-hydrogen) atoms. The highest BCUT2D eigenvalue weighted by molar-refractivity contribution is 6.00. The Morgan fingerprint density at radius 1 is 1.32 bits per heavy atom. The van der Waals surface area contributed by atoms with Crippen LogP contribution in [0.2, 0.25) is 0 Å². The monoisotopic (exact) mass is 388 g/mol. The fraction of sp³-hybridized carbons (Fsp3) is 0.476. The van der Waals surface area contributed by atoms with Gasteiger partial charge in [-0.05, 0) is 25.0 Å². The Balaban J connectivity index is 0.00000300. The van der Waals surface area contributed by atoms with Gasteiger partial charge >= 0.3 is 0 Å². The number of nitrogens with one attached hydrogen (secondary N) is 1. The van der Waals surface area contributed by atoms with Gasteiger partial charge in [-0.25, -0.2) is 14.4 Å². The SMILES string of the molecule is COCCNc1ncc(C(=O)N(C)C2CCCCC2)c(-c2ccccc2F)n1.[HH]. The summed E-state index contributed by atoms with van der Waals surface area (Å²) in [6, 6.07) is 6.56. The summed E-state index contributed by atoms with van der Waals surface area (Å²) in [6.45, 7) is 1.01. The van der Waals surface area contributed by atoms with Crippen LogP contribution in [0.3, 0.4) is 0 Å². The van der Waals surface area contributed by atoms with Crippen molar-refractivity contribution < 1.29 is 15.3 Å². The Morgan fingerprint density at radius 3 is 2.79 bits per heavy atom. The fourth-order valence-corrected chi connectivity index (χ4v) is 3.57. The van der Waals surface area contributed by atoms with Crippen molar-refractivity contribution in [2.24, 2.45) is 0 Å². The van der Waals surface area contributed by atoms with Gasteiger partial charge in [0.15, 0.2) is 0 Å². The number of hydrogen-bond acceptors (Lipinski definition) is 5. The number of anilines is 1. The summed E-state index contributed by atoms with van der Waals surface area (Å²) < 4.78 is 19.5. The van der Waals surface area contributed by atoms with Crippen LogP contribution in [0.1, 0.15) is 43.9 Å². The van der Waals surface area contributed by atoms with Gasteiger partial charge in [0, 0.05) is 39.9 Å². The number of benzene rings is 1. The summed E-state index contributed by atoms with van der Waals surface area (Å²) in [7, 11) is 3.42. The molecule has 0 aliphatic heterocycles. The van der Waals surface area contributed by atoms with E-state index in [0.717, 1.165) is 25.7 Å². The van der Waals surface area contributed by atoms with Crippen molar-refractivity contribution in [3.05, 3.63) is 41.8 Å². The number of nitrogens with zero attached hydrogens (tertiary/aromatic N) is 3. The van der Waals surface area contributed by atoms with E-state index in [0.29, 0.717) is 35.9 Å². The standard InChI is InChI=1S/C21H27FN4O2.H2/c1-26(15-8-4-3-5-9-15)20(27)17-14-24-21(23-12-13-28-2)25-19(17)16-10-6-7-11-18(16)22;/h6-7,10-11,14-15H,3-5,8-9,12-13H2,1-2H3,(H,23,24,25);1H.